The number of rotatable bonds is 3. The second-order valence-electron chi connectivity index (χ2n) is 3.72. The third-order valence-corrected chi connectivity index (χ3v) is 2.86. The third-order valence-electron chi connectivity index (χ3n) is 2.43. The Morgan fingerprint density at radius 1 is 1.42 bits per heavy atom. The predicted molar refractivity (Wildman–Crippen MR) is 67.6 cm³/mol. The zero-order valence-corrected chi connectivity index (χ0v) is 11.2. The summed E-state index contributed by atoms with van der Waals surface area (Å²) >= 11 is 11.8. The van der Waals surface area contributed by atoms with Gasteiger partial charge in [-0.25, -0.2) is 4.79 Å². The Morgan fingerprint density at radius 3 is 2.58 bits per heavy atom. The lowest BCUT2D eigenvalue weighted by atomic mass is 10.1. The van der Waals surface area contributed by atoms with E-state index >= 15 is 0 Å². The van der Waals surface area contributed by atoms with Gasteiger partial charge in [-0.1, -0.05) is 28.4 Å². The van der Waals surface area contributed by atoms with Crippen LogP contribution in [0.1, 0.15) is 12.0 Å². The van der Waals surface area contributed by atoms with E-state index in [0.717, 1.165) is 0 Å². The van der Waals surface area contributed by atoms with Crippen molar-refractivity contribution in [3.05, 3.63) is 33.8 Å². The average Bonchev–Trinajstić information content (AvgIpc) is 2.72. The normalized spacial score (nSPS) is 21.7. The summed E-state index contributed by atoms with van der Waals surface area (Å²) in [5.41, 5.74) is 1.03. The minimum atomic E-state index is -1.77. The Balaban J connectivity index is 2.22. The van der Waals surface area contributed by atoms with Gasteiger partial charge >= 0.3 is 12.1 Å². The van der Waals surface area contributed by atoms with Crippen molar-refractivity contribution in [2.45, 2.75) is 12.4 Å². The van der Waals surface area contributed by atoms with Gasteiger partial charge < -0.3 is 19.4 Å². The van der Waals surface area contributed by atoms with Gasteiger partial charge in [-0.05, 0) is 18.2 Å². The number of carbonyl (C=O) groups is 1. The molecule has 1 N–H and O–H groups in total. The van der Waals surface area contributed by atoms with Crippen LogP contribution < -0.4 is 0 Å². The molecule has 0 saturated carbocycles. The van der Waals surface area contributed by atoms with E-state index in [2.05, 4.69) is 9.89 Å². The molecule has 1 unspecified atom stereocenters. The minimum absolute atomic E-state index is 0.00747. The molecule has 0 aliphatic carbocycles. The van der Waals surface area contributed by atoms with Crippen LogP contribution in [0.15, 0.2) is 23.4 Å². The largest absolute Gasteiger partial charge is 0.510 e. The van der Waals surface area contributed by atoms with E-state index in [1.54, 1.807) is 18.2 Å². The second kappa shape index (κ2) is 5.24. The summed E-state index contributed by atoms with van der Waals surface area (Å²) in [7, 11) is 1.26. The van der Waals surface area contributed by atoms with Crippen LogP contribution in [0, 0.1) is 0 Å². The number of nitrogens with zero attached hydrogens (tertiary/aromatic N) is 1. The summed E-state index contributed by atoms with van der Waals surface area (Å²) in [5.74, 6) is -1.77. The monoisotopic (exact) mass is 305 g/mol. The number of benzene rings is 1. The third kappa shape index (κ3) is 3.09. The number of carboxylic acid groups (broad SMARTS) is 1. The van der Waals surface area contributed by atoms with Gasteiger partial charge in [0.25, 0.3) is 0 Å². The molecule has 0 fully saturated rings. The Kier molecular flexibility index (Phi) is 3.84. The number of methoxy groups -OCH3 is 1. The van der Waals surface area contributed by atoms with Crippen LogP contribution in [0.2, 0.25) is 10.0 Å². The first-order valence-electron chi connectivity index (χ1n) is 5.13. The molecule has 0 spiro atoms. The minimum Gasteiger partial charge on any atom is -0.450 e. The van der Waals surface area contributed by atoms with Gasteiger partial charge in [-0.2, -0.15) is 0 Å². The van der Waals surface area contributed by atoms with E-state index in [0.29, 0.717) is 21.3 Å². The molecule has 1 atom stereocenters. The molecule has 102 valence electrons. The van der Waals surface area contributed by atoms with Gasteiger partial charge in [0.1, 0.15) is 6.42 Å². The van der Waals surface area contributed by atoms with Crippen molar-refractivity contribution in [1.29, 1.82) is 0 Å². The zero-order chi connectivity index (χ0) is 14.0. The predicted octanol–water partition coefficient (Wildman–Crippen LogP) is 3.11. The van der Waals surface area contributed by atoms with Gasteiger partial charge in [-0.15, -0.1) is 0 Å². The smallest absolute Gasteiger partial charge is 0.450 e. The molecule has 0 amide bonds. The molecule has 1 aliphatic rings. The number of hydrogen-bond donors (Lipinski definition) is 1. The quantitative estimate of drug-likeness (QED) is 0.686. The topological polar surface area (TPSA) is 77.4 Å². The summed E-state index contributed by atoms with van der Waals surface area (Å²) in [6.07, 6.45) is -1.53. The van der Waals surface area contributed by atoms with E-state index in [1.807, 2.05) is 0 Å². The molecule has 6 nitrogen and oxygen atoms in total. The molecule has 0 radical (unpaired) electrons. The first-order chi connectivity index (χ1) is 8.94. The van der Waals surface area contributed by atoms with Gasteiger partial charge in [0.2, 0.25) is 0 Å². The maximum Gasteiger partial charge on any atom is 0.510 e. The van der Waals surface area contributed by atoms with Crippen molar-refractivity contribution in [3.63, 3.8) is 0 Å². The fourth-order valence-corrected chi connectivity index (χ4v) is 2.13. The fraction of sp³-hybridized carbons (Fsp3) is 0.273. The van der Waals surface area contributed by atoms with Gasteiger partial charge in [-0.3, -0.25) is 0 Å². The van der Waals surface area contributed by atoms with Crippen LogP contribution in [0.25, 0.3) is 0 Å². The first kappa shape index (κ1) is 13.9. The maximum absolute atomic E-state index is 10.6. The van der Waals surface area contributed by atoms with E-state index in [1.165, 1.54) is 7.11 Å². The van der Waals surface area contributed by atoms with Crippen LogP contribution in [0.3, 0.4) is 0 Å². The van der Waals surface area contributed by atoms with Gasteiger partial charge in [0, 0.05) is 22.7 Å². The number of halogens is 2. The summed E-state index contributed by atoms with van der Waals surface area (Å²) in [6.45, 7) is 0. The number of hydrogen-bond acceptors (Lipinski definition) is 5. The van der Waals surface area contributed by atoms with Crippen LogP contribution in [0.4, 0.5) is 4.79 Å². The lowest BCUT2D eigenvalue weighted by Crippen LogP contribution is -2.37. The van der Waals surface area contributed by atoms with Crippen molar-refractivity contribution in [3.8, 4) is 0 Å². The molecule has 1 aromatic carbocycles. The lowest BCUT2D eigenvalue weighted by molar-refractivity contribution is -0.336. The van der Waals surface area contributed by atoms with E-state index in [-0.39, 0.29) is 6.42 Å². The molecular weight excluding hydrogens is 297 g/mol. The molecule has 1 heterocycles. The molecule has 1 aromatic rings. The Hall–Kier alpha value is -1.50. The highest BCUT2D eigenvalue weighted by Crippen LogP contribution is 2.30. The van der Waals surface area contributed by atoms with E-state index in [4.69, 9.17) is 37.9 Å². The molecule has 0 bridgehead atoms. The van der Waals surface area contributed by atoms with Gasteiger partial charge in [0.15, 0.2) is 0 Å². The standard InChI is InChI=1S/C11H9Cl2NO5/c1-17-11(18-10(15)16)5-9(14-19-11)6-2-7(12)4-8(13)3-6/h2-4H,5H2,1H3,(H,15,16). The summed E-state index contributed by atoms with van der Waals surface area (Å²) in [6, 6.07) is 4.82. The SMILES string of the molecule is COC1(OC(=O)O)CC(c2cc(Cl)cc(Cl)c2)=NO1. The van der Waals surface area contributed by atoms with Crippen molar-refractivity contribution in [2.24, 2.45) is 5.16 Å². The molecule has 8 heteroatoms. The zero-order valence-electron chi connectivity index (χ0n) is 9.72. The molecule has 0 aromatic heterocycles. The van der Waals surface area contributed by atoms with Crippen LogP contribution in [-0.2, 0) is 14.3 Å². The maximum atomic E-state index is 10.6. The summed E-state index contributed by atoms with van der Waals surface area (Å²) in [4.78, 5) is 15.5. The van der Waals surface area contributed by atoms with E-state index in [9.17, 15) is 4.79 Å². The summed E-state index contributed by atoms with van der Waals surface area (Å²) < 4.78 is 9.47. The molecule has 0 saturated heterocycles. The molecule has 2 rings (SSSR count). The van der Waals surface area contributed by atoms with Crippen LogP contribution >= 0.6 is 23.2 Å². The highest BCUT2D eigenvalue weighted by molar-refractivity contribution is 6.35. The second-order valence-corrected chi connectivity index (χ2v) is 4.59. The highest BCUT2D eigenvalue weighted by atomic mass is 35.5. The highest BCUT2D eigenvalue weighted by Gasteiger charge is 2.44. The van der Waals surface area contributed by atoms with Gasteiger partial charge in [0.05, 0.1) is 5.71 Å². The van der Waals surface area contributed by atoms with Crippen LogP contribution in [0.5, 0.6) is 0 Å². The first-order valence-corrected chi connectivity index (χ1v) is 5.88. The van der Waals surface area contributed by atoms with Crippen molar-refractivity contribution in [1.82, 2.24) is 0 Å². The number of ether oxygens (including phenoxy) is 2. The molecule has 19 heavy (non-hydrogen) atoms. The lowest BCUT2D eigenvalue weighted by Gasteiger charge is -2.21. The fourth-order valence-electron chi connectivity index (χ4n) is 1.61. The van der Waals surface area contributed by atoms with Crippen molar-refractivity contribution >= 4 is 35.1 Å². The Bertz CT molecular complexity index is 528. The van der Waals surface area contributed by atoms with Crippen molar-refractivity contribution < 1.29 is 24.2 Å². The number of oxime groups is 1. The van der Waals surface area contributed by atoms with Crippen LogP contribution in [-0.4, -0.2) is 30.1 Å². The molecule has 1 aliphatic heterocycles. The molecular formula is C11H9Cl2NO5. The van der Waals surface area contributed by atoms with Crippen molar-refractivity contribution in [2.75, 3.05) is 7.11 Å². The Morgan fingerprint density at radius 2 is 2.05 bits per heavy atom. The van der Waals surface area contributed by atoms with E-state index < -0.39 is 12.1 Å². The average molecular weight is 306 g/mol. The summed E-state index contributed by atoms with van der Waals surface area (Å²) in [5, 5.41) is 13.3. The Labute approximate surface area is 118 Å².